The van der Waals surface area contributed by atoms with E-state index in [1.54, 1.807) is 48.5 Å². The third-order valence-corrected chi connectivity index (χ3v) is 6.70. The van der Waals surface area contributed by atoms with Gasteiger partial charge in [-0.2, -0.15) is 16.8 Å². The van der Waals surface area contributed by atoms with E-state index < -0.39 is 30.0 Å². The van der Waals surface area contributed by atoms with Crippen LogP contribution in [-0.4, -0.2) is 25.9 Å². The van der Waals surface area contributed by atoms with Crippen LogP contribution < -0.4 is 20.9 Å². The van der Waals surface area contributed by atoms with Crippen LogP contribution in [0.3, 0.4) is 0 Å². The van der Waals surface area contributed by atoms with E-state index in [2.05, 4.69) is 0 Å². The zero-order valence-corrected chi connectivity index (χ0v) is 20.0. The standard InChI is InChI=1S/C24H20N2O8S2/c25-15-1-5-17(6-2-15)33-23-11-9-19(35(27,28)29)13-21(23)22-14-20(36(30,31)32)10-12-24(22)34-18-7-3-16(26)4-8-18/h1-14H,25-26H2,(H,27,28,29)(H,30,31,32). The van der Waals surface area contributed by atoms with Gasteiger partial charge in [0.2, 0.25) is 0 Å². The molecule has 10 nitrogen and oxygen atoms in total. The zero-order chi connectivity index (χ0) is 26.1. The first kappa shape index (κ1) is 25.0. The SMILES string of the molecule is Nc1ccc(Oc2ccc(S(=O)(=O)O)cc2-c2cc(S(=O)(=O)O)ccc2Oc2ccc(N)cc2)cc1. The highest BCUT2D eigenvalue weighted by Gasteiger charge is 2.21. The minimum absolute atomic E-state index is 0.0536. The second-order valence-electron chi connectivity index (χ2n) is 7.61. The average Bonchev–Trinajstić information content (AvgIpc) is 2.81. The predicted molar refractivity (Wildman–Crippen MR) is 133 cm³/mol. The molecule has 36 heavy (non-hydrogen) atoms. The first-order valence-corrected chi connectivity index (χ1v) is 13.1. The Labute approximate surface area is 207 Å². The fourth-order valence-electron chi connectivity index (χ4n) is 3.26. The van der Waals surface area contributed by atoms with Gasteiger partial charge in [-0.3, -0.25) is 9.11 Å². The summed E-state index contributed by atoms with van der Waals surface area (Å²) < 4.78 is 78.6. The van der Waals surface area contributed by atoms with Crippen molar-refractivity contribution < 1.29 is 35.4 Å². The van der Waals surface area contributed by atoms with E-state index in [-0.39, 0.29) is 22.6 Å². The summed E-state index contributed by atoms with van der Waals surface area (Å²) in [4.78, 5) is -0.948. The lowest BCUT2D eigenvalue weighted by Gasteiger charge is -2.17. The maximum atomic E-state index is 11.9. The van der Waals surface area contributed by atoms with Crippen molar-refractivity contribution in [3.63, 3.8) is 0 Å². The third-order valence-electron chi connectivity index (χ3n) is 5.00. The summed E-state index contributed by atoms with van der Waals surface area (Å²) in [5, 5.41) is 0. The number of ether oxygens (including phenoxy) is 2. The van der Waals surface area contributed by atoms with E-state index >= 15 is 0 Å². The summed E-state index contributed by atoms with van der Waals surface area (Å²) in [6.07, 6.45) is 0. The Hall–Kier alpha value is -4.10. The Balaban J connectivity index is 1.94. The third kappa shape index (κ3) is 5.75. The largest absolute Gasteiger partial charge is 0.457 e. The summed E-state index contributed by atoms with van der Waals surface area (Å²) in [6.45, 7) is 0. The topological polar surface area (TPSA) is 179 Å². The van der Waals surface area contributed by atoms with Crippen LogP contribution in [0, 0.1) is 0 Å². The molecule has 0 saturated carbocycles. The Morgan fingerprint density at radius 1 is 0.528 bits per heavy atom. The second kappa shape index (κ2) is 9.51. The molecule has 0 spiro atoms. The summed E-state index contributed by atoms with van der Waals surface area (Å²) in [6, 6.07) is 19.7. The summed E-state index contributed by atoms with van der Waals surface area (Å²) >= 11 is 0. The van der Waals surface area contributed by atoms with Gasteiger partial charge in [-0.25, -0.2) is 0 Å². The first-order valence-electron chi connectivity index (χ1n) is 10.2. The Morgan fingerprint density at radius 2 is 0.861 bits per heavy atom. The maximum Gasteiger partial charge on any atom is 0.294 e. The van der Waals surface area contributed by atoms with E-state index in [0.29, 0.717) is 22.9 Å². The molecule has 0 saturated heterocycles. The van der Waals surface area contributed by atoms with Crippen molar-refractivity contribution in [3.05, 3.63) is 84.9 Å². The molecule has 0 aliphatic rings. The minimum atomic E-state index is -4.64. The molecule has 0 radical (unpaired) electrons. The highest BCUT2D eigenvalue weighted by Crippen LogP contribution is 2.42. The molecule has 0 aliphatic carbocycles. The van der Waals surface area contributed by atoms with Crippen molar-refractivity contribution in [3.8, 4) is 34.1 Å². The molecule has 4 rings (SSSR count). The molecule has 0 aliphatic heterocycles. The van der Waals surface area contributed by atoms with Crippen LogP contribution in [0.25, 0.3) is 11.1 Å². The van der Waals surface area contributed by atoms with Crippen molar-refractivity contribution in [2.75, 3.05) is 11.5 Å². The van der Waals surface area contributed by atoms with Crippen LogP contribution in [0.4, 0.5) is 11.4 Å². The van der Waals surface area contributed by atoms with Crippen LogP contribution in [0.5, 0.6) is 23.0 Å². The van der Waals surface area contributed by atoms with Gasteiger partial charge in [-0.1, -0.05) is 0 Å². The highest BCUT2D eigenvalue weighted by molar-refractivity contribution is 7.86. The molecule has 0 unspecified atom stereocenters. The van der Waals surface area contributed by atoms with E-state index in [1.807, 2.05) is 0 Å². The fourth-order valence-corrected chi connectivity index (χ4v) is 4.28. The number of hydrogen-bond acceptors (Lipinski definition) is 8. The second-order valence-corrected chi connectivity index (χ2v) is 10.5. The molecule has 0 bridgehead atoms. The maximum absolute atomic E-state index is 11.9. The van der Waals surface area contributed by atoms with E-state index in [0.717, 1.165) is 24.3 Å². The van der Waals surface area contributed by atoms with E-state index in [4.69, 9.17) is 20.9 Å². The van der Waals surface area contributed by atoms with Crippen LogP contribution in [0.1, 0.15) is 0 Å². The molecule has 0 atom stereocenters. The molecule has 4 aromatic carbocycles. The number of nitrogens with two attached hydrogens (primary N) is 2. The Kier molecular flexibility index (Phi) is 6.61. The van der Waals surface area contributed by atoms with Crippen molar-refractivity contribution in [1.82, 2.24) is 0 Å². The highest BCUT2D eigenvalue weighted by atomic mass is 32.2. The van der Waals surface area contributed by atoms with E-state index in [9.17, 15) is 25.9 Å². The Bertz CT molecular complexity index is 1510. The van der Waals surface area contributed by atoms with Crippen molar-refractivity contribution in [2.45, 2.75) is 9.79 Å². The van der Waals surface area contributed by atoms with Gasteiger partial charge in [0.1, 0.15) is 23.0 Å². The number of anilines is 2. The first-order chi connectivity index (χ1) is 16.9. The van der Waals surface area contributed by atoms with Gasteiger partial charge in [-0.15, -0.1) is 0 Å². The molecule has 4 aromatic rings. The lowest BCUT2D eigenvalue weighted by atomic mass is 10.0. The van der Waals surface area contributed by atoms with E-state index in [1.165, 1.54) is 12.1 Å². The van der Waals surface area contributed by atoms with Crippen molar-refractivity contribution >= 4 is 31.6 Å². The van der Waals surface area contributed by atoms with Gasteiger partial charge < -0.3 is 20.9 Å². The van der Waals surface area contributed by atoms with Crippen LogP contribution in [0.15, 0.2) is 94.7 Å². The Morgan fingerprint density at radius 3 is 1.17 bits per heavy atom. The van der Waals surface area contributed by atoms with Crippen molar-refractivity contribution in [1.29, 1.82) is 0 Å². The lowest BCUT2D eigenvalue weighted by Crippen LogP contribution is -2.02. The van der Waals surface area contributed by atoms with Crippen LogP contribution in [0.2, 0.25) is 0 Å². The normalized spacial score (nSPS) is 11.7. The molecule has 6 N–H and O–H groups in total. The van der Waals surface area contributed by atoms with Crippen LogP contribution >= 0.6 is 0 Å². The molecular weight excluding hydrogens is 508 g/mol. The minimum Gasteiger partial charge on any atom is -0.457 e. The lowest BCUT2D eigenvalue weighted by molar-refractivity contribution is 0.472. The van der Waals surface area contributed by atoms with Gasteiger partial charge in [-0.05, 0) is 84.9 Å². The molecule has 0 heterocycles. The molecule has 186 valence electrons. The molecule has 0 fully saturated rings. The quantitative estimate of drug-likeness (QED) is 0.196. The predicted octanol–water partition coefficient (Wildman–Crippen LogP) is 4.60. The number of hydrogen-bond donors (Lipinski definition) is 4. The van der Waals surface area contributed by atoms with Gasteiger partial charge in [0.25, 0.3) is 20.2 Å². The number of nitrogen functional groups attached to an aromatic ring is 2. The van der Waals surface area contributed by atoms with Gasteiger partial charge in [0, 0.05) is 22.5 Å². The number of benzene rings is 4. The smallest absolute Gasteiger partial charge is 0.294 e. The summed E-state index contributed by atoms with van der Waals surface area (Å²) in [5.74, 6) is 0.887. The zero-order valence-electron chi connectivity index (χ0n) is 18.4. The summed E-state index contributed by atoms with van der Waals surface area (Å²) in [7, 11) is -9.28. The average molecular weight is 529 g/mol. The molecule has 0 aromatic heterocycles. The summed E-state index contributed by atoms with van der Waals surface area (Å²) in [5.41, 5.74) is 12.5. The van der Waals surface area contributed by atoms with Gasteiger partial charge in [0.15, 0.2) is 0 Å². The van der Waals surface area contributed by atoms with Gasteiger partial charge in [0.05, 0.1) is 9.79 Å². The van der Waals surface area contributed by atoms with Crippen molar-refractivity contribution in [2.24, 2.45) is 0 Å². The van der Waals surface area contributed by atoms with Gasteiger partial charge >= 0.3 is 0 Å². The fraction of sp³-hybridized carbons (Fsp3) is 0. The molecular formula is C24H20N2O8S2. The van der Waals surface area contributed by atoms with Crippen LogP contribution in [-0.2, 0) is 20.2 Å². The molecule has 0 amide bonds. The number of rotatable bonds is 7. The monoisotopic (exact) mass is 528 g/mol. The molecule has 12 heteroatoms.